The van der Waals surface area contributed by atoms with Gasteiger partial charge in [0, 0.05) is 18.0 Å². The van der Waals surface area contributed by atoms with Gasteiger partial charge in [0.1, 0.15) is 5.82 Å². The lowest BCUT2D eigenvalue weighted by molar-refractivity contribution is 0.364. The maximum Gasteiger partial charge on any atom is 0.228 e. The fourth-order valence-corrected chi connectivity index (χ4v) is 2.33. The van der Waals surface area contributed by atoms with Crippen LogP contribution in [0.25, 0.3) is 11.4 Å². The van der Waals surface area contributed by atoms with Crippen LogP contribution in [-0.4, -0.2) is 22.7 Å². The summed E-state index contributed by atoms with van der Waals surface area (Å²) < 4.78 is 18.7. The number of hydrogen-bond donors (Lipinski definition) is 1. The van der Waals surface area contributed by atoms with Crippen molar-refractivity contribution in [1.82, 2.24) is 15.5 Å². The molecule has 0 spiro atoms. The molecule has 2 aromatic rings. The topological polar surface area (TPSA) is 51.0 Å². The molecule has 100 valence electrons. The molecule has 0 aliphatic carbocycles. The second kappa shape index (κ2) is 5.09. The predicted molar refractivity (Wildman–Crippen MR) is 69.2 cm³/mol. The van der Waals surface area contributed by atoms with Gasteiger partial charge in [0.2, 0.25) is 11.7 Å². The van der Waals surface area contributed by atoms with Crippen LogP contribution in [0, 0.1) is 12.7 Å². The Hall–Kier alpha value is -1.75. The second-order valence-corrected chi connectivity index (χ2v) is 4.97. The van der Waals surface area contributed by atoms with E-state index in [1.165, 1.54) is 12.5 Å². The maximum absolute atomic E-state index is 13.5. The summed E-state index contributed by atoms with van der Waals surface area (Å²) in [6, 6.07) is 5.39. The summed E-state index contributed by atoms with van der Waals surface area (Å²) in [4.78, 5) is 4.33. The monoisotopic (exact) mass is 261 g/mol. The predicted octanol–water partition coefficient (Wildman–Crippen LogP) is 2.48. The smallest absolute Gasteiger partial charge is 0.228 e. The van der Waals surface area contributed by atoms with Crippen LogP contribution in [0.3, 0.4) is 0 Å². The number of benzene rings is 1. The molecule has 1 aliphatic heterocycles. The Morgan fingerprint density at radius 1 is 1.47 bits per heavy atom. The Balaban J connectivity index is 1.78. The highest BCUT2D eigenvalue weighted by Crippen LogP contribution is 2.20. The van der Waals surface area contributed by atoms with E-state index in [4.69, 9.17) is 4.52 Å². The van der Waals surface area contributed by atoms with Crippen LogP contribution in [0.1, 0.15) is 24.3 Å². The molecule has 1 aromatic heterocycles. The van der Waals surface area contributed by atoms with Gasteiger partial charge in [0.05, 0.1) is 0 Å². The van der Waals surface area contributed by atoms with Gasteiger partial charge in [-0.2, -0.15) is 4.98 Å². The maximum atomic E-state index is 13.5. The van der Waals surface area contributed by atoms with Crippen molar-refractivity contribution in [3.8, 4) is 11.4 Å². The molecular formula is C14H16FN3O. The first-order valence-electron chi connectivity index (χ1n) is 6.55. The Morgan fingerprint density at radius 2 is 2.37 bits per heavy atom. The molecule has 5 heteroatoms. The van der Waals surface area contributed by atoms with Crippen LogP contribution in [-0.2, 0) is 6.42 Å². The highest BCUT2D eigenvalue weighted by molar-refractivity contribution is 5.54. The van der Waals surface area contributed by atoms with Crippen LogP contribution >= 0.6 is 0 Å². The number of rotatable bonds is 3. The summed E-state index contributed by atoms with van der Waals surface area (Å²) in [5.74, 6) is 0.809. The Bertz CT molecular complexity index is 576. The minimum atomic E-state index is -0.249. The minimum absolute atomic E-state index is 0.249. The zero-order valence-electron chi connectivity index (χ0n) is 10.8. The van der Waals surface area contributed by atoms with Crippen molar-refractivity contribution in [1.29, 1.82) is 0 Å². The summed E-state index contributed by atoms with van der Waals surface area (Å²) in [7, 11) is 0. The van der Waals surface area contributed by atoms with Crippen LogP contribution in [0.4, 0.5) is 4.39 Å². The van der Waals surface area contributed by atoms with Gasteiger partial charge in [-0.1, -0.05) is 17.3 Å². The zero-order valence-corrected chi connectivity index (χ0v) is 10.8. The first kappa shape index (κ1) is 12.3. The molecule has 19 heavy (non-hydrogen) atoms. The molecule has 1 unspecified atom stereocenters. The Morgan fingerprint density at radius 3 is 3.11 bits per heavy atom. The van der Waals surface area contributed by atoms with E-state index >= 15 is 0 Å². The summed E-state index contributed by atoms with van der Waals surface area (Å²) in [5, 5.41) is 7.30. The number of aryl methyl sites for hydroxylation is 1. The van der Waals surface area contributed by atoms with Crippen molar-refractivity contribution < 1.29 is 8.91 Å². The molecule has 1 aromatic carbocycles. The summed E-state index contributed by atoms with van der Waals surface area (Å²) in [6.07, 6.45) is 3.06. The van der Waals surface area contributed by atoms with E-state index < -0.39 is 0 Å². The van der Waals surface area contributed by atoms with E-state index in [-0.39, 0.29) is 5.82 Å². The van der Waals surface area contributed by atoms with Crippen molar-refractivity contribution in [2.45, 2.75) is 32.2 Å². The molecule has 3 rings (SSSR count). The van der Waals surface area contributed by atoms with E-state index in [1.807, 2.05) is 0 Å². The van der Waals surface area contributed by atoms with Crippen molar-refractivity contribution >= 4 is 0 Å². The number of aromatic nitrogens is 2. The number of nitrogens with zero attached hydrogens (tertiary/aromatic N) is 2. The molecule has 1 fully saturated rings. The number of halogens is 1. The molecule has 0 amide bonds. The fraction of sp³-hybridized carbons (Fsp3) is 0.429. The lowest BCUT2D eigenvalue weighted by atomic mass is 10.1. The Kier molecular flexibility index (Phi) is 3.29. The molecule has 2 heterocycles. The van der Waals surface area contributed by atoms with Crippen LogP contribution in [0.5, 0.6) is 0 Å². The fourth-order valence-electron chi connectivity index (χ4n) is 2.33. The molecule has 1 atom stereocenters. The van der Waals surface area contributed by atoms with Gasteiger partial charge in [-0.15, -0.1) is 0 Å². The molecule has 1 saturated heterocycles. The third kappa shape index (κ3) is 2.66. The van der Waals surface area contributed by atoms with E-state index in [2.05, 4.69) is 15.5 Å². The summed E-state index contributed by atoms with van der Waals surface area (Å²) in [6.45, 7) is 2.78. The first-order chi connectivity index (χ1) is 9.22. The van der Waals surface area contributed by atoms with Gasteiger partial charge in [0.25, 0.3) is 0 Å². The SMILES string of the molecule is Cc1ccc(-c2noc(CC3CCCN3)n2)cc1F. The van der Waals surface area contributed by atoms with Crippen LogP contribution in [0.15, 0.2) is 22.7 Å². The molecular weight excluding hydrogens is 245 g/mol. The van der Waals surface area contributed by atoms with Crippen molar-refractivity contribution in [2.75, 3.05) is 6.54 Å². The van der Waals surface area contributed by atoms with E-state index in [9.17, 15) is 4.39 Å². The molecule has 1 N–H and O–H groups in total. The molecule has 4 nitrogen and oxygen atoms in total. The van der Waals surface area contributed by atoms with Gasteiger partial charge in [-0.05, 0) is 37.9 Å². The van der Waals surface area contributed by atoms with Gasteiger partial charge in [0.15, 0.2) is 0 Å². The van der Waals surface area contributed by atoms with Gasteiger partial charge < -0.3 is 9.84 Å². The van der Waals surface area contributed by atoms with Crippen molar-refractivity contribution in [3.63, 3.8) is 0 Å². The van der Waals surface area contributed by atoms with Gasteiger partial charge in [-0.3, -0.25) is 0 Å². The lowest BCUT2D eigenvalue weighted by Crippen LogP contribution is -2.23. The summed E-state index contributed by atoms with van der Waals surface area (Å²) >= 11 is 0. The lowest BCUT2D eigenvalue weighted by Gasteiger charge is -2.04. The third-order valence-electron chi connectivity index (χ3n) is 3.48. The van der Waals surface area contributed by atoms with Crippen LogP contribution in [0.2, 0.25) is 0 Å². The molecule has 0 radical (unpaired) electrons. The minimum Gasteiger partial charge on any atom is -0.339 e. The largest absolute Gasteiger partial charge is 0.339 e. The second-order valence-electron chi connectivity index (χ2n) is 4.97. The summed E-state index contributed by atoms with van der Waals surface area (Å²) in [5.41, 5.74) is 1.26. The molecule has 0 bridgehead atoms. The van der Waals surface area contributed by atoms with Crippen molar-refractivity contribution in [3.05, 3.63) is 35.5 Å². The molecule has 1 aliphatic rings. The average Bonchev–Trinajstić information content (AvgIpc) is 3.05. The Labute approximate surface area is 111 Å². The number of hydrogen-bond acceptors (Lipinski definition) is 4. The number of nitrogens with one attached hydrogen (secondary N) is 1. The third-order valence-corrected chi connectivity index (χ3v) is 3.48. The van der Waals surface area contributed by atoms with E-state index in [0.717, 1.165) is 19.4 Å². The quantitative estimate of drug-likeness (QED) is 0.922. The standard InChI is InChI=1S/C14H16FN3O/c1-9-4-5-10(7-12(9)15)14-17-13(19-18-14)8-11-3-2-6-16-11/h4-5,7,11,16H,2-3,6,8H2,1H3. The normalized spacial score (nSPS) is 18.9. The average molecular weight is 261 g/mol. The highest BCUT2D eigenvalue weighted by Gasteiger charge is 2.18. The van der Waals surface area contributed by atoms with Gasteiger partial charge >= 0.3 is 0 Å². The van der Waals surface area contributed by atoms with Crippen LogP contribution < -0.4 is 5.32 Å². The first-order valence-corrected chi connectivity index (χ1v) is 6.55. The molecule has 0 saturated carbocycles. The zero-order chi connectivity index (χ0) is 13.2. The van der Waals surface area contributed by atoms with Crippen molar-refractivity contribution in [2.24, 2.45) is 0 Å². The van der Waals surface area contributed by atoms with E-state index in [0.29, 0.717) is 28.9 Å². The highest BCUT2D eigenvalue weighted by atomic mass is 19.1. The van der Waals surface area contributed by atoms with Gasteiger partial charge in [-0.25, -0.2) is 4.39 Å². The van der Waals surface area contributed by atoms with E-state index in [1.54, 1.807) is 19.1 Å².